The van der Waals surface area contributed by atoms with Crippen molar-refractivity contribution < 1.29 is 9.53 Å². The second-order valence-electron chi connectivity index (χ2n) is 3.58. The summed E-state index contributed by atoms with van der Waals surface area (Å²) >= 11 is 0. The van der Waals surface area contributed by atoms with Gasteiger partial charge in [0.05, 0.1) is 18.7 Å². The Balaban J connectivity index is 2.52. The van der Waals surface area contributed by atoms with Crippen molar-refractivity contribution in [3.8, 4) is 0 Å². The van der Waals surface area contributed by atoms with Gasteiger partial charge in [0.15, 0.2) is 0 Å². The van der Waals surface area contributed by atoms with E-state index in [9.17, 15) is 4.79 Å². The largest absolute Gasteiger partial charge is 0.383 e. The van der Waals surface area contributed by atoms with Crippen molar-refractivity contribution in [2.75, 3.05) is 20.3 Å². The molecule has 0 aromatic heterocycles. The molecule has 0 saturated carbocycles. The number of amides is 1. The zero-order chi connectivity index (χ0) is 9.84. The van der Waals surface area contributed by atoms with Crippen LogP contribution in [0, 0.1) is 0 Å². The molecule has 1 rings (SSSR count). The highest BCUT2D eigenvalue weighted by molar-refractivity contribution is 5.82. The number of nitrogens with zero attached hydrogens (tertiary/aromatic N) is 1. The summed E-state index contributed by atoms with van der Waals surface area (Å²) in [4.78, 5) is 13.4. The van der Waals surface area contributed by atoms with E-state index in [1.54, 1.807) is 7.11 Å². The molecular formula is C9H18N2O2. The maximum atomic E-state index is 11.6. The van der Waals surface area contributed by atoms with Crippen LogP contribution < -0.4 is 5.73 Å². The fourth-order valence-electron chi connectivity index (χ4n) is 1.70. The van der Waals surface area contributed by atoms with Crippen LogP contribution in [0.2, 0.25) is 0 Å². The van der Waals surface area contributed by atoms with Crippen molar-refractivity contribution >= 4 is 5.91 Å². The summed E-state index contributed by atoms with van der Waals surface area (Å²) < 4.78 is 5.01. The molecular weight excluding hydrogens is 168 g/mol. The average molecular weight is 186 g/mol. The number of nitrogens with two attached hydrogens (primary N) is 1. The number of likely N-dealkylation sites (tertiary alicyclic amines) is 1. The lowest BCUT2D eigenvalue weighted by Crippen LogP contribution is -2.52. The molecule has 0 aromatic rings. The Morgan fingerprint density at radius 2 is 2.46 bits per heavy atom. The summed E-state index contributed by atoms with van der Waals surface area (Å²) in [6.07, 6.45) is 1.82. The fraction of sp³-hybridized carbons (Fsp3) is 0.889. The number of methoxy groups -OCH3 is 1. The molecule has 4 nitrogen and oxygen atoms in total. The predicted molar refractivity (Wildman–Crippen MR) is 50.3 cm³/mol. The summed E-state index contributed by atoms with van der Waals surface area (Å²) in [5, 5.41) is 0. The van der Waals surface area contributed by atoms with Crippen LogP contribution in [0.25, 0.3) is 0 Å². The van der Waals surface area contributed by atoms with Gasteiger partial charge in [0, 0.05) is 13.7 Å². The van der Waals surface area contributed by atoms with Gasteiger partial charge >= 0.3 is 0 Å². The first-order valence-electron chi connectivity index (χ1n) is 4.71. The second-order valence-corrected chi connectivity index (χ2v) is 3.58. The molecule has 0 radical (unpaired) electrons. The number of ether oxygens (including phenoxy) is 1. The molecule has 0 spiro atoms. The smallest absolute Gasteiger partial charge is 0.239 e. The molecule has 0 aliphatic carbocycles. The minimum absolute atomic E-state index is 0.0656. The molecule has 2 unspecified atom stereocenters. The van der Waals surface area contributed by atoms with E-state index in [1.807, 2.05) is 11.8 Å². The summed E-state index contributed by atoms with van der Waals surface area (Å²) in [7, 11) is 1.64. The van der Waals surface area contributed by atoms with E-state index in [4.69, 9.17) is 10.5 Å². The van der Waals surface area contributed by atoms with Gasteiger partial charge in [0.25, 0.3) is 0 Å². The first-order valence-corrected chi connectivity index (χ1v) is 4.71. The summed E-state index contributed by atoms with van der Waals surface area (Å²) in [6, 6.07) is -0.156. The molecule has 1 aliphatic rings. The van der Waals surface area contributed by atoms with Crippen molar-refractivity contribution in [2.24, 2.45) is 5.73 Å². The number of piperidine rings is 1. The Bertz CT molecular complexity index is 184. The number of hydrogen-bond acceptors (Lipinski definition) is 3. The van der Waals surface area contributed by atoms with E-state index in [2.05, 4.69) is 0 Å². The molecule has 76 valence electrons. The Labute approximate surface area is 79.0 Å². The molecule has 2 atom stereocenters. The van der Waals surface area contributed by atoms with Crippen molar-refractivity contribution in [1.29, 1.82) is 0 Å². The lowest BCUT2D eigenvalue weighted by atomic mass is 10.0. The van der Waals surface area contributed by atoms with Gasteiger partial charge in [-0.2, -0.15) is 0 Å². The minimum atomic E-state index is -0.298. The third-order valence-electron chi connectivity index (χ3n) is 2.45. The topological polar surface area (TPSA) is 55.6 Å². The molecule has 0 aromatic carbocycles. The van der Waals surface area contributed by atoms with Crippen LogP contribution in [0.1, 0.15) is 19.8 Å². The van der Waals surface area contributed by atoms with Crippen LogP contribution in [0.3, 0.4) is 0 Å². The van der Waals surface area contributed by atoms with Gasteiger partial charge in [-0.05, 0) is 19.8 Å². The van der Waals surface area contributed by atoms with Crippen LogP contribution in [0.15, 0.2) is 0 Å². The van der Waals surface area contributed by atoms with Gasteiger partial charge in [-0.25, -0.2) is 0 Å². The first-order chi connectivity index (χ1) is 6.16. The standard InChI is InChI=1S/C9H18N2O2/c1-7(6-13-2)11-5-3-4-8(10)9(11)12/h7-8H,3-6,10H2,1-2H3. The highest BCUT2D eigenvalue weighted by atomic mass is 16.5. The Kier molecular flexibility index (Phi) is 3.69. The van der Waals surface area contributed by atoms with Gasteiger partial charge in [0.2, 0.25) is 5.91 Å². The molecule has 1 aliphatic heterocycles. The quantitative estimate of drug-likeness (QED) is 0.673. The molecule has 1 amide bonds. The summed E-state index contributed by atoms with van der Waals surface area (Å²) in [6.45, 7) is 3.38. The SMILES string of the molecule is COCC(C)N1CCCC(N)C1=O. The van der Waals surface area contributed by atoms with Gasteiger partial charge in [-0.3, -0.25) is 4.79 Å². The monoisotopic (exact) mass is 186 g/mol. The van der Waals surface area contributed by atoms with Crippen LogP contribution in [0.4, 0.5) is 0 Å². The molecule has 4 heteroatoms. The average Bonchev–Trinajstić information content (AvgIpc) is 2.10. The first kappa shape index (κ1) is 10.5. The molecule has 1 saturated heterocycles. The molecule has 13 heavy (non-hydrogen) atoms. The van der Waals surface area contributed by atoms with E-state index in [-0.39, 0.29) is 18.0 Å². The second kappa shape index (κ2) is 4.58. The highest BCUT2D eigenvalue weighted by Gasteiger charge is 2.28. The molecule has 2 N–H and O–H groups in total. The van der Waals surface area contributed by atoms with Crippen molar-refractivity contribution in [1.82, 2.24) is 4.90 Å². The number of rotatable bonds is 3. The van der Waals surface area contributed by atoms with E-state index >= 15 is 0 Å². The Morgan fingerprint density at radius 1 is 1.77 bits per heavy atom. The number of carbonyl (C=O) groups is 1. The number of carbonyl (C=O) groups excluding carboxylic acids is 1. The van der Waals surface area contributed by atoms with Gasteiger partial charge in [-0.1, -0.05) is 0 Å². The highest BCUT2D eigenvalue weighted by Crippen LogP contribution is 2.13. The van der Waals surface area contributed by atoms with Gasteiger partial charge < -0.3 is 15.4 Å². The molecule has 0 bridgehead atoms. The van der Waals surface area contributed by atoms with E-state index in [0.29, 0.717) is 6.61 Å². The van der Waals surface area contributed by atoms with E-state index in [1.165, 1.54) is 0 Å². The maximum absolute atomic E-state index is 11.6. The van der Waals surface area contributed by atoms with Crippen LogP contribution >= 0.6 is 0 Å². The third-order valence-corrected chi connectivity index (χ3v) is 2.45. The number of hydrogen-bond donors (Lipinski definition) is 1. The van der Waals surface area contributed by atoms with Gasteiger partial charge in [0.1, 0.15) is 0 Å². The molecule has 1 fully saturated rings. The Hall–Kier alpha value is -0.610. The van der Waals surface area contributed by atoms with Crippen molar-refractivity contribution in [2.45, 2.75) is 31.8 Å². The van der Waals surface area contributed by atoms with Crippen molar-refractivity contribution in [3.63, 3.8) is 0 Å². The lowest BCUT2D eigenvalue weighted by Gasteiger charge is -2.34. The molecule has 1 heterocycles. The minimum Gasteiger partial charge on any atom is -0.383 e. The normalized spacial score (nSPS) is 26.2. The third kappa shape index (κ3) is 2.42. The van der Waals surface area contributed by atoms with Gasteiger partial charge in [-0.15, -0.1) is 0 Å². The summed E-state index contributed by atoms with van der Waals surface area (Å²) in [5.41, 5.74) is 5.67. The van der Waals surface area contributed by atoms with Crippen LogP contribution in [0.5, 0.6) is 0 Å². The van der Waals surface area contributed by atoms with Crippen LogP contribution in [-0.4, -0.2) is 43.2 Å². The zero-order valence-electron chi connectivity index (χ0n) is 8.32. The van der Waals surface area contributed by atoms with E-state index < -0.39 is 0 Å². The van der Waals surface area contributed by atoms with Crippen molar-refractivity contribution in [3.05, 3.63) is 0 Å². The zero-order valence-corrected chi connectivity index (χ0v) is 8.32. The van der Waals surface area contributed by atoms with E-state index in [0.717, 1.165) is 19.4 Å². The van der Waals surface area contributed by atoms with Crippen LogP contribution in [-0.2, 0) is 9.53 Å². The predicted octanol–water partition coefficient (Wildman–Crippen LogP) is -0.0290. The maximum Gasteiger partial charge on any atom is 0.239 e. The summed E-state index contributed by atoms with van der Waals surface area (Å²) in [5.74, 6) is 0.0656. The fourth-order valence-corrected chi connectivity index (χ4v) is 1.70. The lowest BCUT2D eigenvalue weighted by molar-refractivity contribution is -0.138. The Morgan fingerprint density at radius 3 is 3.08 bits per heavy atom.